The molecule has 3 aromatic carbocycles. The molecule has 0 heterocycles. The van der Waals surface area contributed by atoms with Crippen LogP contribution in [0.1, 0.15) is 16.7 Å². The van der Waals surface area contributed by atoms with Crippen LogP contribution in [0.5, 0.6) is 17.2 Å². The highest BCUT2D eigenvalue weighted by Crippen LogP contribution is 2.38. The molecule has 2 N–H and O–H groups in total. The zero-order chi connectivity index (χ0) is 25.2. The first-order valence-electron chi connectivity index (χ1n) is 10.8. The van der Waals surface area contributed by atoms with Gasteiger partial charge in [0.05, 0.1) is 26.3 Å². The summed E-state index contributed by atoms with van der Waals surface area (Å²) >= 11 is 0. The Morgan fingerprint density at radius 1 is 0.914 bits per heavy atom. The van der Waals surface area contributed by atoms with Crippen LogP contribution in [0.15, 0.2) is 66.7 Å². The molecule has 0 saturated heterocycles. The highest BCUT2D eigenvalue weighted by atomic mass is 16.6. The number of methoxy groups -OCH3 is 3. The van der Waals surface area contributed by atoms with E-state index in [0.29, 0.717) is 30.3 Å². The van der Waals surface area contributed by atoms with Crippen molar-refractivity contribution in [2.24, 2.45) is 0 Å². The SMILES string of the molecule is COc1cc(CNCc2ccc(/C=C/C(=O)Nc3ccccc3[N+](=O)[O-])cc2)cc(OC)c1OC. The molecule has 1 amide bonds. The molecule has 35 heavy (non-hydrogen) atoms. The fourth-order valence-electron chi connectivity index (χ4n) is 3.42. The van der Waals surface area contributed by atoms with Crippen molar-refractivity contribution in [1.29, 1.82) is 0 Å². The molecule has 3 rings (SSSR count). The number of hydrogen-bond donors (Lipinski definition) is 2. The van der Waals surface area contributed by atoms with Crippen LogP contribution in [0.3, 0.4) is 0 Å². The third kappa shape index (κ3) is 6.81. The third-order valence-electron chi connectivity index (χ3n) is 5.15. The summed E-state index contributed by atoms with van der Waals surface area (Å²) in [6.45, 7) is 1.24. The molecule has 0 saturated carbocycles. The van der Waals surface area contributed by atoms with E-state index < -0.39 is 10.8 Å². The van der Waals surface area contributed by atoms with Crippen LogP contribution in [0.2, 0.25) is 0 Å². The predicted molar refractivity (Wildman–Crippen MR) is 134 cm³/mol. The average molecular weight is 478 g/mol. The van der Waals surface area contributed by atoms with Crippen molar-refractivity contribution in [2.45, 2.75) is 13.1 Å². The van der Waals surface area contributed by atoms with E-state index in [4.69, 9.17) is 14.2 Å². The van der Waals surface area contributed by atoms with Crippen LogP contribution >= 0.6 is 0 Å². The molecular formula is C26H27N3O6. The highest BCUT2D eigenvalue weighted by molar-refractivity contribution is 6.03. The summed E-state index contributed by atoms with van der Waals surface area (Å²) < 4.78 is 16.1. The van der Waals surface area contributed by atoms with Crippen LogP contribution in [-0.2, 0) is 17.9 Å². The summed E-state index contributed by atoms with van der Waals surface area (Å²) in [6, 6.07) is 17.5. The maximum absolute atomic E-state index is 12.2. The van der Waals surface area contributed by atoms with Gasteiger partial charge in [-0.05, 0) is 41.0 Å². The van der Waals surface area contributed by atoms with Crippen LogP contribution in [0.25, 0.3) is 6.08 Å². The second kappa shape index (κ2) is 12.2. The topological polar surface area (TPSA) is 112 Å². The quantitative estimate of drug-likeness (QED) is 0.236. The second-order valence-electron chi connectivity index (χ2n) is 7.48. The number of nitrogens with one attached hydrogen (secondary N) is 2. The molecule has 182 valence electrons. The lowest BCUT2D eigenvalue weighted by Gasteiger charge is -2.14. The van der Waals surface area contributed by atoms with Crippen molar-refractivity contribution in [1.82, 2.24) is 5.32 Å². The monoisotopic (exact) mass is 477 g/mol. The summed E-state index contributed by atoms with van der Waals surface area (Å²) in [7, 11) is 4.73. The van der Waals surface area contributed by atoms with E-state index in [2.05, 4.69) is 10.6 Å². The molecule has 0 spiro atoms. The van der Waals surface area contributed by atoms with Crippen molar-refractivity contribution in [3.63, 3.8) is 0 Å². The molecule has 9 heteroatoms. The van der Waals surface area contributed by atoms with Gasteiger partial charge in [-0.3, -0.25) is 14.9 Å². The first-order valence-corrected chi connectivity index (χ1v) is 10.8. The summed E-state index contributed by atoms with van der Waals surface area (Å²) in [6.07, 6.45) is 2.99. The van der Waals surface area contributed by atoms with Gasteiger partial charge in [-0.15, -0.1) is 0 Å². The third-order valence-corrected chi connectivity index (χ3v) is 5.15. The smallest absolute Gasteiger partial charge is 0.292 e. The molecule has 0 fully saturated rings. The Bertz CT molecular complexity index is 1180. The van der Waals surface area contributed by atoms with Crippen LogP contribution in [-0.4, -0.2) is 32.2 Å². The molecule has 0 atom stereocenters. The lowest BCUT2D eigenvalue weighted by molar-refractivity contribution is -0.383. The molecule has 0 unspecified atom stereocenters. The Labute approximate surface area is 203 Å². The number of nitro benzene ring substituents is 1. The second-order valence-corrected chi connectivity index (χ2v) is 7.48. The van der Waals surface area contributed by atoms with Gasteiger partial charge in [0.15, 0.2) is 11.5 Å². The van der Waals surface area contributed by atoms with Gasteiger partial charge < -0.3 is 24.8 Å². The zero-order valence-corrected chi connectivity index (χ0v) is 19.7. The minimum absolute atomic E-state index is 0.153. The van der Waals surface area contributed by atoms with Gasteiger partial charge in [0.2, 0.25) is 11.7 Å². The van der Waals surface area contributed by atoms with Crippen molar-refractivity contribution in [3.05, 3.63) is 93.5 Å². The lowest BCUT2D eigenvalue weighted by Crippen LogP contribution is -2.13. The zero-order valence-electron chi connectivity index (χ0n) is 19.7. The Hall–Kier alpha value is -4.37. The average Bonchev–Trinajstić information content (AvgIpc) is 2.87. The number of nitrogens with zero attached hydrogens (tertiary/aromatic N) is 1. The maximum atomic E-state index is 12.2. The summed E-state index contributed by atoms with van der Waals surface area (Å²) in [5.41, 5.74) is 2.89. The van der Waals surface area contributed by atoms with Gasteiger partial charge in [-0.1, -0.05) is 36.4 Å². The van der Waals surface area contributed by atoms with Gasteiger partial charge in [0, 0.05) is 25.2 Å². The van der Waals surface area contributed by atoms with E-state index in [-0.39, 0.29) is 11.4 Å². The number of ether oxygens (including phenoxy) is 3. The van der Waals surface area contributed by atoms with Crippen LogP contribution < -0.4 is 24.8 Å². The van der Waals surface area contributed by atoms with E-state index >= 15 is 0 Å². The van der Waals surface area contributed by atoms with E-state index in [1.165, 1.54) is 18.2 Å². The minimum atomic E-state index is -0.534. The van der Waals surface area contributed by atoms with Crippen LogP contribution in [0, 0.1) is 10.1 Å². The normalized spacial score (nSPS) is 10.7. The minimum Gasteiger partial charge on any atom is -0.493 e. The number of para-hydroxylation sites is 2. The number of nitro groups is 1. The summed E-state index contributed by atoms with van der Waals surface area (Å²) in [5, 5.41) is 17.0. The predicted octanol–water partition coefficient (Wildman–Crippen LogP) is 4.56. The van der Waals surface area contributed by atoms with E-state index in [1.807, 2.05) is 36.4 Å². The molecule has 0 aromatic heterocycles. The first kappa shape index (κ1) is 25.3. The van der Waals surface area contributed by atoms with Gasteiger partial charge in [0.25, 0.3) is 5.69 Å². The fraction of sp³-hybridized carbons (Fsp3) is 0.192. The van der Waals surface area contributed by atoms with E-state index in [9.17, 15) is 14.9 Å². The highest BCUT2D eigenvalue weighted by Gasteiger charge is 2.14. The summed E-state index contributed by atoms with van der Waals surface area (Å²) in [4.78, 5) is 22.7. The molecule has 0 radical (unpaired) electrons. The Morgan fingerprint density at radius 3 is 2.14 bits per heavy atom. The number of amides is 1. The number of rotatable bonds is 11. The number of hydrogen-bond acceptors (Lipinski definition) is 7. The van der Waals surface area contributed by atoms with E-state index in [1.54, 1.807) is 39.5 Å². The molecule has 0 bridgehead atoms. The number of anilines is 1. The van der Waals surface area contributed by atoms with Crippen LogP contribution in [0.4, 0.5) is 11.4 Å². The fourth-order valence-corrected chi connectivity index (χ4v) is 3.42. The van der Waals surface area contributed by atoms with Crippen molar-refractivity contribution in [2.75, 3.05) is 26.6 Å². The Morgan fingerprint density at radius 2 is 1.54 bits per heavy atom. The van der Waals surface area contributed by atoms with E-state index in [0.717, 1.165) is 16.7 Å². The number of carbonyl (C=O) groups excluding carboxylic acids is 1. The Kier molecular flexibility index (Phi) is 8.80. The lowest BCUT2D eigenvalue weighted by atomic mass is 10.1. The van der Waals surface area contributed by atoms with Gasteiger partial charge >= 0.3 is 0 Å². The number of carbonyl (C=O) groups is 1. The largest absolute Gasteiger partial charge is 0.493 e. The van der Waals surface area contributed by atoms with Crippen molar-refractivity contribution >= 4 is 23.4 Å². The molecule has 3 aromatic rings. The summed E-state index contributed by atoms with van der Waals surface area (Å²) in [5.74, 6) is 1.31. The van der Waals surface area contributed by atoms with Gasteiger partial charge in [-0.2, -0.15) is 0 Å². The molecule has 0 aliphatic carbocycles. The Balaban J connectivity index is 1.55. The molecule has 9 nitrogen and oxygen atoms in total. The van der Waals surface area contributed by atoms with Gasteiger partial charge in [0.1, 0.15) is 5.69 Å². The standard InChI is InChI=1S/C26H27N3O6/c1-33-23-14-20(15-24(34-2)26(23)35-3)17-27-16-19-10-8-18(9-11-19)12-13-25(30)28-21-6-4-5-7-22(21)29(31)32/h4-15,27H,16-17H2,1-3H3,(H,28,30)/b13-12+. The molecule has 0 aliphatic rings. The number of benzene rings is 3. The first-order chi connectivity index (χ1) is 16.9. The van der Waals surface area contributed by atoms with Crippen molar-refractivity contribution in [3.8, 4) is 17.2 Å². The van der Waals surface area contributed by atoms with Gasteiger partial charge in [-0.25, -0.2) is 0 Å². The molecular weight excluding hydrogens is 450 g/mol. The van der Waals surface area contributed by atoms with Crippen molar-refractivity contribution < 1.29 is 23.9 Å². The maximum Gasteiger partial charge on any atom is 0.292 e. The molecule has 0 aliphatic heterocycles.